The van der Waals surface area contributed by atoms with Crippen LogP contribution in [0.15, 0.2) is 48.5 Å². The molecule has 2 aromatic rings. The van der Waals surface area contributed by atoms with Crippen LogP contribution in [0.3, 0.4) is 0 Å². The zero-order valence-electron chi connectivity index (χ0n) is 12.5. The van der Waals surface area contributed by atoms with E-state index in [1.54, 1.807) is 0 Å². The fourth-order valence-corrected chi connectivity index (χ4v) is 3.58. The van der Waals surface area contributed by atoms with Crippen LogP contribution < -0.4 is 10.6 Å². The van der Waals surface area contributed by atoms with Gasteiger partial charge < -0.3 is 10.6 Å². The van der Waals surface area contributed by atoms with Crippen LogP contribution in [0.5, 0.6) is 0 Å². The zero-order valence-corrected chi connectivity index (χ0v) is 12.5. The number of nitrogens with one attached hydrogen (secondary N) is 2. The number of anilines is 3. The topological polar surface area (TPSA) is 44.1 Å². The van der Waals surface area contributed by atoms with Crippen molar-refractivity contribution in [3.05, 3.63) is 53.4 Å². The second-order valence-corrected chi connectivity index (χ2v) is 6.23. The van der Waals surface area contributed by atoms with Crippen molar-refractivity contribution >= 4 is 22.7 Å². The highest BCUT2D eigenvalue weighted by molar-refractivity contribution is 5.73. The van der Waals surface area contributed by atoms with Gasteiger partial charge in [-0.3, -0.25) is 0 Å². The Kier molecular flexibility index (Phi) is 3.10. The molecule has 4 rings (SSSR count). The van der Waals surface area contributed by atoms with Crippen molar-refractivity contribution < 1.29 is 4.76 Å². The molecular formula is C18H20N3O+. The van der Waals surface area contributed by atoms with Crippen molar-refractivity contribution in [3.63, 3.8) is 0 Å². The molecule has 0 unspecified atom stereocenters. The van der Waals surface area contributed by atoms with E-state index in [1.807, 2.05) is 48.5 Å². The lowest BCUT2D eigenvalue weighted by Crippen LogP contribution is -2.43. The molecule has 0 amide bonds. The molecule has 1 aliphatic carbocycles. The Morgan fingerprint density at radius 3 is 2.50 bits per heavy atom. The molecule has 22 heavy (non-hydrogen) atoms. The van der Waals surface area contributed by atoms with E-state index in [2.05, 4.69) is 10.6 Å². The van der Waals surface area contributed by atoms with Gasteiger partial charge in [-0.25, -0.2) is 0 Å². The lowest BCUT2D eigenvalue weighted by Gasteiger charge is -2.24. The average molecular weight is 294 g/mol. The lowest BCUT2D eigenvalue weighted by atomic mass is 9.89. The molecule has 2 aromatic carbocycles. The number of nitroso groups, excluding NO2 is 1. The number of nitrogens with zero attached hydrogens (tertiary/aromatic N) is 1. The summed E-state index contributed by atoms with van der Waals surface area (Å²) in [5.41, 5.74) is 3.34. The molecule has 0 atom stereocenters. The third-order valence-electron chi connectivity index (χ3n) is 4.71. The summed E-state index contributed by atoms with van der Waals surface area (Å²) in [5.74, 6) is 0. The molecule has 1 fully saturated rings. The maximum atomic E-state index is 12.7. The molecule has 0 aromatic heterocycles. The minimum absolute atomic E-state index is 0.411. The number of para-hydroxylation sites is 1. The van der Waals surface area contributed by atoms with Crippen molar-refractivity contribution in [1.82, 2.24) is 0 Å². The molecule has 1 heterocycles. The van der Waals surface area contributed by atoms with Crippen molar-refractivity contribution in [2.24, 2.45) is 0 Å². The highest BCUT2D eigenvalue weighted by atomic mass is 16.3. The van der Waals surface area contributed by atoms with Gasteiger partial charge in [0.2, 0.25) is 0 Å². The molecule has 112 valence electrons. The standard InChI is InChI=1S/C18H20N3O/c22-21-17-10-9-15(19-14-7-3-1-4-8-14)13-16(17)20-18(21)11-5-2-6-12-18/h1,3-4,7-10,13,19-20H,2,5-6,11-12H2/q+1. The first-order valence-corrected chi connectivity index (χ1v) is 7.99. The van der Waals surface area contributed by atoms with Crippen molar-refractivity contribution in [2.45, 2.75) is 37.8 Å². The summed E-state index contributed by atoms with van der Waals surface area (Å²) >= 11 is 0. The zero-order chi connectivity index (χ0) is 15.0. The number of rotatable bonds is 2. The lowest BCUT2D eigenvalue weighted by molar-refractivity contribution is -0.542. The van der Waals surface area contributed by atoms with E-state index in [0.29, 0.717) is 0 Å². The molecule has 4 heteroatoms. The van der Waals surface area contributed by atoms with Crippen LogP contribution in [0, 0.1) is 4.91 Å². The molecule has 0 bridgehead atoms. The summed E-state index contributed by atoms with van der Waals surface area (Å²) in [6.07, 6.45) is 5.32. The van der Waals surface area contributed by atoms with E-state index >= 15 is 0 Å². The predicted octanol–water partition coefficient (Wildman–Crippen LogP) is 4.93. The SMILES string of the molecule is O=[N+]1c2ccc(Nc3ccccc3)cc2NC12CCCCC2. The van der Waals surface area contributed by atoms with Crippen molar-refractivity contribution in [2.75, 3.05) is 10.6 Å². The fraction of sp³-hybridized carbons (Fsp3) is 0.333. The Bertz CT molecular complexity index is 706. The van der Waals surface area contributed by atoms with Gasteiger partial charge in [-0.2, -0.15) is 0 Å². The van der Waals surface area contributed by atoms with Gasteiger partial charge in [-0.1, -0.05) is 24.6 Å². The molecule has 4 nitrogen and oxygen atoms in total. The Morgan fingerprint density at radius 2 is 1.73 bits per heavy atom. The predicted molar refractivity (Wildman–Crippen MR) is 88.9 cm³/mol. The van der Waals surface area contributed by atoms with Gasteiger partial charge in [0.1, 0.15) is 5.69 Å². The fourth-order valence-electron chi connectivity index (χ4n) is 3.58. The van der Waals surface area contributed by atoms with Gasteiger partial charge in [-0.15, -0.1) is 0 Å². The van der Waals surface area contributed by atoms with Crippen LogP contribution in [0.4, 0.5) is 22.7 Å². The summed E-state index contributed by atoms with van der Waals surface area (Å²) < 4.78 is 1.20. The first-order chi connectivity index (χ1) is 10.8. The molecule has 1 aliphatic heterocycles. The largest absolute Gasteiger partial charge is 0.355 e. The van der Waals surface area contributed by atoms with E-state index in [1.165, 1.54) is 11.2 Å². The van der Waals surface area contributed by atoms with Crippen LogP contribution in [-0.4, -0.2) is 10.4 Å². The number of benzene rings is 2. The van der Waals surface area contributed by atoms with Crippen LogP contribution >= 0.6 is 0 Å². The van der Waals surface area contributed by atoms with E-state index in [4.69, 9.17) is 0 Å². The maximum Gasteiger partial charge on any atom is 0.290 e. The number of fused-ring (bicyclic) bond motifs is 1. The highest BCUT2D eigenvalue weighted by Crippen LogP contribution is 2.45. The van der Waals surface area contributed by atoms with Gasteiger partial charge in [0.05, 0.1) is 4.76 Å². The third kappa shape index (κ3) is 2.15. The van der Waals surface area contributed by atoms with Gasteiger partial charge in [0.15, 0.2) is 0 Å². The molecular weight excluding hydrogens is 274 g/mol. The Labute approximate surface area is 130 Å². The minimum atomic E-state index is -0.411. The molecule has 2 aliphatic rings. The second kappa shape index (κ2) is 5.13. The first kappa shape index (κ1) is 13.3. The van der Waals surface area contributed by atoms with E-state index in [0.717, 1.165) is 48.4 Å². The van der Waals surface area contributed by atoms with Gasteiger partial charge >= 0.3 is 0 Å². The first-order valence-electron chi connectivity index (χ1n) is 7.99. The Morgan fingerprint density at radius 1 is 0.955 bits per heavy atom. The van der Waals surface area contributed by atoms with Crippen LogP contribution in [0.1, 0.15) is 32.1 Å². The van der Waals surface area contributed by atoms with Crippen molar-refractivity contribution in [1.29, 1.82) is 0 Å². The Balaban J connectivity index is 1.62. The summed E-state index contributed by atoms with van der Waals surface area (Å²) in [5, 5.41) is 6.88. The summed E-state index contributed by atoms with van der Waals surface area (Å²) in [6.45, 7) is 0. The van der Waals surface area contributed by atoms with Crippen molar-refractivity contribution in [3.8, 4) is 0 Å². The molecule has 0 radical (unpaired) electrons. The molecule has 1 spiro atoms. The minimum Gasteiger partial charge on any atom is -0.355 e. The van der Waals surface area contributed by atoms with E-state index in [9.17, 15) is 4.91 Å². The summed E-state index contributed by atoms with van der Waals surface area (Å²) in [4.78, 5) is 12.7. The molecule has 2 N–H and O–H groups in total. The number of hydrogen-bond acceptors (Lipinski definition) is 3. The normalized spacial score (nSPS) is 18.8. The summed E-state index contributed by atoms with van der Waals surface area (Å²) in [6, 6.07) is 16.0. The summed E-state index contributed by atoms with van der Waals surface area (Å²) in [7, 11) is 0. The average Bonchev–Trinajstić information content (AvgIpc) is 2.81. The van der Waals surface area contributed by atoms with Gasteiger partial charge in [0.25, 0.3) is 11.4 Å². The quantitative estimate of drug-likeness (QED) is 0.772. The monoisotopic (exact) mass is 294 g/mol. The van der Waals surface area contributed by atoms with E-state index in [-0.39, 0.29) is 0 Å². The number of hydrogen-bond donors (Lipinski definition) is 2. The van der Waals surface area contributed by atoms with Gasteiger partial charge in [-0.05, 0) is 37.1 Å². The second-order valence-electron chi connectivity index (χ2n) is 6.23. The van der Waals surface area contributed by atoms with Crippen LogP contribution in [-0.2, 0) is 0 Å². The highest BCUT2D eigenvalue weighted by Gasteiger charge is 2.53. The van der Waals surface area contributed by atoms with Gasteiger partial charge in [0, 0.05) is 35.2 Å². The maximum absolute atomic E-state index is 12.7. The molecule has 1 saturated carbocycles. The smallest absolute Gasteiger partial charge is 0.290 e. The van der Waals surface area contributed by atoms with Crippen LogP contribution in [0.2, 0.25) is 0 Å². The van der Waals surface area contributed by atoms with Crippen LogP contribution in [0.25, 0.3) is 0 Å². The van der Waals surface area contributed by atoms with E-state index < -0.39 is 5.66 Å². The molecule has 0 saturated heterocycles. The Hall–Kier alpha value is -2.36. The third-order valence-corrected chi connectivity index (χ3v) is 4.71.